The van der Waals surface area contributed by atoms with Crippen LogP contribution in [0.15, 0.2) is 48.5 Å². The van der Waals surface area contributed by atoms with Gasteiger partial charge in [0.25, 0.3) is 5.91 Å². The maximum atomic E-state index is 13.5. The fourth-order valence-corrected chi connectivity index (χ4v) is 3.84. The third-order valence-corrected chi connectivity index (χ3v) is 5.42. The van der Waals surface area contributed by atoms with Crippen molar-refractivity contribution < 1.29 is 18.8 Å². The lowest BCUT2D eigenvalue weighted by Crippen LogP contribution is -2.53. The van der Waals surface area contributed by atoms with Crippen LogP contribution in [0.4, 0.5) is 4.39 Å². The molecule has 1 saturated heterocycles. The van der Waals surface area contributed by atoms with E-state index in [0.29, 0.717) is 37.1 Å². The van der Waals surface area contributed by atoms with Crippen molar-refractivity contribution in [3.05, 3.63) is 71.0 Å². The number of amides is 3. The Morgan fingerprint density at radius 3 is 2.45 bits per heavy atom. The number of likely N-dealkylation sites (tertiary alicyclic amines) is 1. The molecule has 164 valence electrons. The lowest BCUT2D eigenvalue weighted by Gasteiger charge is -2.33. The molecule has 0 aromatic heterocycles. The van der Waals surface area contributed by atoms with Gasteiger partial charge in [-0.15, -0.1) is 0 Å². The maximum Gasteiger partial charge on any atom is 0.253 e. The Balaban J connectivity index is 1.56. The Hall–Kier alpha value is -3.22. The minimum atomic E-state index is -0.786. The second-order valence-corrected chi connectivity index (χ2v) is 8.03. The molecule has 0 unspecified atom stereocenters. The lowest BCUT2D eigenvalue weighted by atomic mass is 10.0. The molecule has 2 aromatic carbocycles. The predicted octanol–water partition coefficient (Wildman–Crippen LogP) is 2.60. The smallest absolute Gasteiger partial charge is 0.253 e. The van der Waals surface area contributed by atoms with Gasteiger partial charge in [0.15, 0.2) is 0 Å². The quantitative estimate of drug-likeness (QED) is 0.747. The monoisotopic (exact) mass is 425 g/mol. The molecule has 1 fully saturated rings. The van der Waals surface area contributed by atoms with Gasteiger partial charge >= 0.3 is 0 Å². The highest BCUT2D eigenvalue weighted by molar-refractivity contribution is 5.94. The van der Waals surface area contributed by atoms with E-state index in [1.165, 1.54) is 19.1 Å². The van der Waals surface area contributed by atoms with Crippen molar-refractivity contribution in [1.29, 1.82) is 0 Å². The van der Waals surface area contributed by atoms with Crippen LogP contribution in [-0.2, 0) is 16.0 Å². The van der Waals surface area contributed by atoms with Gasteiger partial charge in [0.05, 0.1) is 0 Å². The molecule has 1 aliphatic rings. The van der Waals surface area contributed by atoms with Crippen LogP contribution in [-0.4, -0.2) is 47.8 Å². The zero-order valence-electron chi connectivity index (χ0n) is 17.9. The number of carbonyl (C=O) groups excluding carboxylic acids is 3. The van der Waals surface area contributed by atoms with Crippen LogP contribution in [0, 0.1) is 12.7 Å². The van der Waals surface area contributed by atoms with E-state index in [0.717, 1.165) is 5.56 Å². The van der Waals surface area contributed by atoms with Crippen LogP contribution in [0.1, 0.15) is 41.3 Å². The normalized spacial score (nSPS) is 15.3. The van der Waals surface area contributed by atoms with Crippen LogP contribution in [0.2, 0.25) is 0 Å². The Kier molecular flexibility index (Phi) is 7.39. The SMILES string of the molecule is CC(=O)N[C@@H](Cc1cccc(F)c1)C(=O)NC1CCN(C(=O)c2cccc(C)c2)CC1. The first kappa shape index (κ1) is 22.5. The maximum absolute atomic E-state index is 13.5. The summed E-state index contributed by atoms with van der Waals surface area (Å²) >= 11 is 0. The number of hydrogen-bond donors (Lipinski definition) is 2. The Morgan fingerprint density at radius 2 is 1.81 bits per heavy atom. The molecule has 0 aliphatic carbocycles. The molecule has 3 rings (SSSR count). The molecule has 0 spiro atoms. The van der Waals surface area contributed by atoms with E-state index < -0.39 is 6.04 Å². The highest BCUT2D eigenvalue weighted by Gasteiger charge is 2.27. The van der Waals surface area contributed by atoms with Crippen molar-refractivity contribution >= 4 is 17.7 Å². The van der Waals surface area contributed by atoms with E-state index in [9.17, 15) is 18.8 Å². The first-order chi connectivity index (χ1) is 14.8. The third-order valence-electron chi connectivity index (χ3n) is 5.42. The topological polar surface area (TPSA) is 78.5 Å². The zero-order chi connectivity index (χ0) is 22.4. The van der Waals surface area contributed by atoms with Gasteiger partial charge in [0.2, 0.25) is 11.8 Å². The Morgan fingerprint density at radius 1 is 1.10 bits per heavy atom. The van der Waals surface area contributed by atoms with Crippen molar-refractivity contribution in [3.63, 3.8) is 0 Å². The minimum absolute atomic E-state index is 0.00398. The van der Waals surface area contributed by atoms with Gasteiger partial charge in [-0.25, -0.2) is 4.39 Å². The van der Waals surface area contributed by atoms with E-state index in [4.69, 9.17) is 0 Å². The molecule has 1 aliphatic heterocycles. The zero-order valence-corrected chi connectivity index (χ0v) is 17.9. The molecular formula is C24H28FN3O3. The first-order valence-corrected chi connectivity index (χ1v) is 10.5. The van der Waals surface area contributed by atoms with Gasteiger partial charge in [-0.2, -0.15) is 0 Å². The van der Waals surface area contributed by atoms with E-state index in [2.05, 4.69) is 10.6 Å². The highest BCUT2D eigenvalue weighted by Crippen LogP contribution is 2.16. The van der Waals surface area contributed by atoms with Gasteiger partial charge in [0, 0.05) is 38.0 Å². The molecule has 3 amide bonds. The first-order valence-electron chi connectivity index (χ1n) is 10.5. The number of piperidine rings is 1. The summed E-state index contributed by atoms with van der Waals surface area (Å²) in [6, 6.07) is 12.6. The van der Waals surface area contributed by atoms with Crippen LogP contribution >= 0.6 is 0 Å². The minimum Gasteiger partial charge on any atom is -0.351 e. The Bertz CT molecular complexity index is 955. The second-order valence-electron chi connectivity index (χ2n) is 8.03. The van der Waals surface area contributed by atoms with Crippen molar-refractivity contribution in [2.75, 3.05) is 13.1 Å². The van der Waals surface area contributed by atoms with Gasteiger partial charge < -0.3 is 15.5 Å². The summed E-state index contributed by atoms with van der Waals surface area (Å²) < 4.78 is 13.5. The summed E-state index contributed by atoms with van der Waals surface area (Å²) in [5.74, 6) is -1.01. The molecule has 0 bridgehead atoms. The predicted molar refractivity (Wildman–Crippen MR) is 116 cm³/mol. The number of hydrogen-bond acceptors (Lipinski definition) is 3. The summed E-state index contributed by atoms with van der Waals surface area (Å²) in [5.41, 5.74) is 2.34. The second kappa shape index (κ2) is 10.2. The molecule has 2 N–H and O–H groups in total. The molecule has 1 heterocycles. The summed E-state index contributed by atoms with van der Waals surface area (Å²) in [6.45, 7) is 4.40. The van der Waals surface area contributed by atoms with E-state index >= 15 is 0 Å². The van der Waals surface area contributed by atoms with Crippen LogP contribution < -0.4 is 10.6 Å². The third kappa shape index (κ3) is 6.38. The number of aryl methyl sites for hydroxylation is 1. The molecule has 1 atom stereocenters. The molecule has 6 nitrogen and oxygen atoms in total. The number of rotatable bonds is 6. The highest BCUT2D eigenvalue weighted by atomic mass is 19.1. The van der Waals surface area contributed by atoms with Crippen molar-refractivity contribution in [2.24, 2.45) is 0 Å². The Labute approximate surface area is 181 Å². The van der Waals surface area contributed by atoms with Gasteiger partial charge in [0.1, 0.15) is 11.9 Å². The van der Waals surface area contributed by atoms with Gasteiger partial charge in [-0.3, -0.25) is 14.4 Å². The van der Waals surface area contributed by atoms with Crippen LogP contribution in [0.5, 0.6) is 0 Å². The van der Waals surface area contributed by atoms with Gasteiger partial charge in [-0.1, -0.05) is 29.8 Å². The lowest BCUT2D eigenvalue weighted by molar-refractivity contribution is -0.128. The average molecular weight is 426 g/mol. The number of nitrogens with one attached hydrogen (secondary N) is 2. The summed E-state index contributed by atoms with van der Waals surface area (Å²) in [6.07, 6.45) is 1.47. The number of benzene rings is 2. The van der Waals surface area contributed by atoms with Crippen LogP contribution in [0.25, 0.3) is 0 Å². The standard InChI is InChI=1S/C24H28FN3O3/c1-16-5-3-7-19(13-16)24(31)28-11-9-21(10-12-28)27-23(30)22(26-17(2)29)15-18-6-4-8-20(25)14-18/h3-8,13-14,21-22H,9-12,15H2,1-2H3,(H,26,29)(H,27,30)/t22-/m0/s1. The fourth-order valence-electron chi connectivity index (χ4n) is 3.84. The summed E-state index contributed by atoms with van der Waals surface area (Å²) in [7, 11) is 0. The van der Waals surface area contributed by atoms with E-state index in [1.54, 1.807) is 17.0 Å². The van der Waals surface area contributed by atoms with E-state index in [-0.39, 0.29) is 36.0 Å². The molecule has 31 heavy (non-hydrogen) atoms. The largest absolute Gasteiger partial charge is 0.351 e. The average Bonchev–Trinajstić information content (AvgIpc) is 2.73. The molecule has 7 heteroatoms. The summed E-state index contributed by atoms with van der Waals surface area (Å²) in [4.78, 5) is 38.9. The van der Waals surface area contributed by atoms with Crippen LogP contribution in [0.3, 0.4) is 0 Å². The molecule has 0 saturated carbocycles. The van der Waals surface area contributed by atoms with Crippen molar-refractivity contribution in [1.82, 2.24) is 15.5 Å². The number of carbonyl (C=O) groups is 3. The number of nitrogens with zero attached hydrogens (tertiary/aromatic N) is 1. The molecular weight excluding hydrogens is 397 g/mol. The molecule has 0 radical (unpaired) electrons. The van der Waals surface area contributed by atoms with E-state index in [1.807, 2.05) is 31.2 Å². The van der Waals surface area contributed by atoms with Gasteiger partial charge in [-0.05, 0) is 49.6 Å². The number of halogens is 1. The van der Waals surface area contributed by atoms with Crippen molar-refractivity contribution in [3.8, 4) is 0 Å². The van der Waals surface area contributed by atoms with Crippen molar-refractivity contribution in [2.45, 2.75) is 45.2 Å². The molecule has 2 aromatic rings. The summed E-state index contributed by atoms with van der Waals surface area (Å²) in [5, 5.41) is 5.64. The fraction of sp³-hybridized carbons (Fsp3) is 0.375.